The summed E-state index contributed by atoms with van der Waals surface area (Å²) in [5.74, 6) is -0.369. The zero-order chi connectivity index (χ0) is 14.9. The first-order valence-electron chi connectivity index (χ1n) is 6.37. The molecule has 0 aliphatic carbocycles. The number of aromatic nitrogens is 2. The van der Waals surface area contributed by atoms with Gasteiger partial charge < -0.3 is 5.32 Å². The monoisotopic (exact) mass is 272 g/mol. The normalized spacial score (nSPS) is 10.4. The van der Waals surface area contributed by atoms with Gasteiger partial charge in [0.2, 0.25) is 0 Å². The molecule has 0 spiro atoms. The van der Waals surface area contributed by atoms with Crippen molar-refractivity contribution in [2.24, 2.45) is 7.05 Å². The zero-order valence-corrected chi connectivity index (χ0v) is 12.1. The molecule has 0 aliphatic heterocycles. The van der Waals surface area contributed by atoms with Gasteiger partial charge in [-0.1, -0.05) is 0 Å². The van der Waals surface area contributed by atoms with Gasteiger partial charge >= 0.3 is 0 Å². The van der Waals surface area contributed by atoms with E-state index in [2.05, 4.69) is 10.4 Å². The predicted octanol–water partition coefficient (Wildman–Crippen LogP) is 2.97. The molecule has 0 radical (unpaired) electrons. The lowest BCUT2D eigenvalue weighted by molar-refractivity contribution is 0.618. The molecule has 104 valence electrons. The van der Waals surface area contributed by atoms with Crippen LogP contribution in [0.25, 0.3) is 0 Å². The van der Waals surface area contributed by atoms with Crippen LogP contribution < -0.4 is 5.32 Å². The summed E-state index contributed by atoms with van der Waals surface area (Å²) in [5, 5.41) is 16.4. The third kappa shape index (κ3) is 2.50. The van der Waals surface area contributed by atoms with Crippen LogP contribution in [0.1, 0.15) is 28.1 Å². The fourth-order valence-electron chi connectivity index (χ4n) is 2.18. The van der Waals surface area contributed by atoms with Crippen molar-refractivity contribution in [2.75, 3.05) is 5.32 Å². The van der Waals surface area contributed by atoms with Crippen molar-refractivity contribution in [3.63, 3.8) is 0 Å². The summed E-state index contributed by atoms with van der Waals surface area (Å²) in [6.07, 6.45) is 0. The second kappa shape index (κ2) is 5.33. The van der Waals surface area contributed by atoms with Gasteiger partial charge in [0.15, 0.2) is 0 Å². The summed E-state index contributed by atoms with van der Waals surface area (Å²) in [6, 6.07) is 4.88. The summed E-state index contributed by atoms with van der Waals surface area (Å²) in [5.41, 5.74) is 4.59. The van der Waals surface area contributed by atoms with Crippen LogP contribution in [0.15, 0.2) is 12.1 Å². The van der Waals surface area contributed by atoms with E-state index >= 15 is 0 Å². The number of nitriles is 1. The Morgan fingerprint density at radius 2 is 2.05 bits per heavy atom. The largest absolute Gasteiger partial charge is 0.380 e. The third-order valence-corrected chi connectivity index (χ3v) is 3.59. The summed E-state index contributed by atoms with van der Waals surface area (Å²) in [6.45, 7) is 6.20. The highest BCUT2D eigenvalue weighted by Crippen LogP contribution is 2.22. The Morgan fingerprint density at radius 3 is 2.60 bits per heavy atom. The molecule has 0 aliphatic rings. The summed E-state index contributed by atoms with van der Waals surface area (Å²) < 4.78 is 15.5. The Morgan fingerprint density at radius 1 is 1.35 bits per heavy atom. The van der Waals surface area contributed by atoms with Crippen LogP contribution in [0.5, 0.6) is 0 Å². The smallest absolute Gasteiger partial charge is 0.129 e. The lowest BCUT2D eigenvalue weighted by atomic mass is 10.1. The van der Waals surface area contributed by atoms with Crippen LogP contribution in [0.4, 0.5) is 10.1 Å². The third-order valence-electron chi connectivity index (χ3n) is 3.59. The molecule has 0 saturated carbocycles. The van der Waals surface area contributed by atoms with Crippen molar-refractivity contribution in [2.45, 2.75) is 27.3 Å². The molecule has 0 bridgehead atoms. The molecule has 0 saturated heterocycles. The molecule has 0 unspecified atom stereocenters. The minimum Gasteiger partial charge on any atom is -0.380 e. The van der Waals surface area contributed by atoms with E-state index in [0.717, 1.165) is 17.0 Å². The number of anilines is 1. The molecule has 2 rings (SSSR count). The lowest BCUT2D eigenvalue weighted by Crippen LogP contribution is -2.05. The number of nitrogens with zero attached hydrogens (tertiary/aromatic N) is 3. The van der Waals surface area contributed by atoms with Gasteiger partial charge in [-0.3, -0.25) is 4.68 Å². The molecule has 20 heavy (non-hydrogen) atoms. The van der Waals surface area contributed by atoms with Crippen LogP contribution in [-0.2, 0) is 13.6 Å². The van der Waals surface area contributed by atoms with Crippen molar-refractivity contribution >= 4 is 5.69 Å². The molecule has 1 heterocycles. The highest BCUT2D eigenvalue weighted by Gasteiger charge is 2.11. The highest BCUT2D eigenvalue weighted by atomic mass is 19.1. The molecule has 1 aromatic heterocycles. The number of aryl methyl sites for hydroxylation is 2. The maximum absolute atomic E-state index is 13.7. The predicted molar refractivity (Wildman–Crippen MR) is 75.9 cm³/mol. The van der Waals surface area contributed by atoms with Gasteiger partial charge in [-0.15, -0.1) is 0 Å². The van der Waals surface area contributed by atoms with Crippen molar-refractivity contribution in [3.05, 3.63) is 46.0 Å². The minimum atomic E-state index is -0.369. The first-order valence-corrected chi connectivity index (χ1v) is 6.37. The van der Waals surface area contributed by atoms with Gasteiger partial charge in [0.25, 0.3) is 0 Å². The number of hydrogen-bond donors (Lipinski definition) is 1. The first kappa shape index (κ1) is 14.1. The average Bonchev–Trinajstić information content (AvgIpc) is 2.65. The molecule has 2 aromatic rings. The Kier molecular flexibility index (Phi) is 3.75. The van der Waals surface area contributed by atoms with Gasteiger partial charge in [0.1, 0.15) is 5.82 Å². The molecule has 0 atom stereocenters. The van der Waals surface area contributed by atoms with Gasteiger partial charge in [0.05, 0.1) is 17.3 Å². The van der Waals surface area contributed by atoms with Crippen molar-refractivity contribution in [1.82, 2.24) is 9.78 Å². The minimum absolute atomic E-state index is 0.315. The Bertz CT molecular complexity index is 695. The number of nitrogens with one attached hydrogen (secondary N) is 1. The maximum Gasteiger partial charge on any atom is 0.129 e. The van der Waals surface area contributed by atoms with E-state index in [-0.39, 0.29) is 5.82 Å². The second-order valence-corrected chi connectivity index (χ2v) is 4.87. The molecule has 5 heteroatoms. The standard InChI is InChI=1S/C15H17FN4/c1-9-14(16)5-12(7-17)6-15(9)18-8-13-10(2)19-20(4)11(13)3/h5-6,18H,8H2,1-4H3. The van der Waals surface area contributed by atoms with E-state index < -0.39 is 0 Å². The fraction of sp³-hybridized carbons (Fsp3) is 0.333. The maximum atomic E-state index is 13.7. The van der Waals surface area contributed by atoms with Crippen LogP contribution in [-0.4, -0.2) is 9.78 Å². The molecule has 1 aromatic carbocycles. The number of hydrogen-bond acceptors (Lipinski definition) is 3. The van der Waals surface area contributed by atoms with Crippen molar-refractivity contribution in [1.29, 1.82) is 5.26 Å². The summed E-state index contributed by atoms with van der Waals surface area (Å²) >= 11 is 0. The second-order valence-electron chi connectivity index (χ2n) is 4.87. The quantitative estimate of drug-likeness (QED) is 0.934. The zero-order valence-electron chi connectivity index (χ0n) is 12.1. The summed E-state index contributed by atoms with van der Waals surface area (Å²) in [7, 11) is 1.90. The van der Waals surface area contributed by atoms with Crippen LogP contribution in [0, 0.1) is 37.9 Å². The highest BCUT2D eigenvalue weighted by molar-refractivity contribution is 5.56. The Hall–Kier alpha value is -2.35. The van der Waals surface area contributed by atoms with E-state index in [1.807, 2.05) is 31.6 Å². The van der Waals surface area contributed by atoms with Crippen molar-refractivity contribution < 1.29 is 4.39 Å². The topological polar surface area (TPSA) is 53.6 Å². The molecule has 0 amide bonds. The first-order chi connectivity index (χ1) is 9.43. The van der Waals surface area contributed by atoms with Crippen LogP contribution in [0.2, 0.25) is 0 Å². The van der Waals surface area contributed by atoms with Crippen LogP contribution >= 0.6 is 0 Å². The van der Waals surface area contributed by atoms with Gasteiger partial charge in [-0.2, -0.15) is 10.4 Å². The van der Waals surface area contributed by atoms with E-state index in [4.69, 9.17) is 5.26 Å². The summed E-state index contributed by atoms with van der Waals surface area (Å²) in [4.78, 5) is 0. The Labute approximate surface area is 117 Å². The molecule has 1 N–H and O–H groups in total. The Balaban J connectivity index is 2.27. The lowest BCUT2D eigenvalue weighted by Gasteiger charge is -2.11. The molecular formula is C15H17FN4. The van der Waals surface area contributed by atoms with E-state index in [1.165, 1.54) is 6.07 Å². The van der Waals surface area contributed by atoms with Crippen molar-refractivity contribution in [3.8, 4) is 6.07 Å². The van der Waals surface area contributed by atoms with E-state index in [9.17, 15) is 4.39 Å². The van der Waals surface area contributed by atoms with Gasteiger partial charge in [-0.25, -0.2) is 4.39 Å². The number of rotatable bonds is 3. The molecular weight excluding hydrogens is 255 g/mol. The molecule has 4 nitrogen and oxygen atoms in total. The number of benzene rings is 1. The van der Waals surface area contributed by atoms with Gasteiger partial charge in [-0.05, 0) is 32.9 Å². The van der Waals surface area contributed by atoms with Gasteiger partial charge in [0, 0.05) is 36.1 Å². The van der Waals surface area contributed by atoms with E-state index in [1.54, 1.807) is 13.0 Å². The SMILES string of the molecule is Cc1nn(C)c(C)c1CNc1cc(C#N)cc(F)c1C. The van der Waals surface area contributed by atoms with Crippen LogP contribution in [0.3, 0.4) is 0 Å². The average molecular weight is 272 g/mol. The fourth-order valence-corrected chi connectivity index (χ4v) is 2.18. The molecule has 0 fully saturated rings. The van der Waals surface area contributed by atoms with E-state index in [0.29, 0.717) is 23.4 Å². The number of halogens is 1.